The zero-order valence-electron chi connectivity index (χ0n) is 6.80. The molecule has 0 aliphatic rings. The highest BCUT2D eigenvalue weighted by Crippen LogP contribution is 1.99. The lowest BCUT2D eigenvalue weighted by Gasteiger charge is -2.02. The van der Waals surface area contributed by atoms with E-state index in [0.717, 1.165) is 5.75 Å². The number of rotatable bonds is 2. The molecule has 2 nitrogen and oxygen atoms in total. The van der Waals surface area contributed by atoms with Crippen molar-refractivity contribution in [2.75, 3.05) is 5.75 Å². The topological polar surface area (TPSA) is 16.2 Å². The van der Waals surface area contributed by atoms with Crippen LogP contribution in [0.4, 0.5) is 0 Å². The number of nitrogens with zero attached hydrogens (tertiary/aromatic N) is 2. The summed E-state index contributed by atoms with van der Waals surface area (Å²) in [5, 5.41) is 4.16. The van der Waals surface area contributed by atoms with Crippen molar-refractivity contribution in [1.29, 1.82) is 0 Å². The van der Waals surface area contributed by atoms with Crippen LogP contribution in [0.1, 0.15) is 6.92 Å². The van der Waals surface area contributed by atoms with Crippen LogP contribution in [-0.4, -0.2) is 10.1 Å². The average Bonchev–Trinajstić information content (AvgIpc) is 2.06. The predicted octanol–water partition coefficient (Wildman–Crippen LogP) is 1.39. The molecule has 0 amide bonds. The molecule has 0 saturated carbocycles. The first-order valence-electron chi connectivity index (χ1n) is 3.68. The Balaban J connectivity index is 2.67. The summed E-state index contributed by atoms with van der Waals surface area (Å²) in [6.07, 6.45) is 3.73. The number of thioether (sulfide) groups is 1. The van der Waals surface area contributed by atoms with E-state index in [1.54, 1.807) is 16.4 Å². The van der Waals surface area contributed by atoms with E-state index in [1.807, 2.05) is 30.6 Å². The van der Waals surface area contributed by atoms with Crippen LogP contribution in [0, 0.1) is 0 Å². The molecule has 1 aromatic heterocycles. The number of hydrogen-bond acceptors (Lipinski definition) is 3. The SMILES string of the molecule is CCS/C([S-])=N/[n+]1ccccc1. The summed E-state index contributed by atoms with van der Waals surface area (Å²) in [5.41, 5.74) is 0. The molecule has 1 heterocycles. The Kier molecular flexibility index (Phi) is 4.04. The Morgan fingerprint density at radius 3 is 2.67 bits per heavy atom. The van der Waals surface area contributed by atoms with Crippen molar-refractivity contribution in [3.8, 4) is 0 Å². The van der Waals surface area contributed by atoms with E-state index in [2.05, 4.69) is 12.0 Å². The van der Waals surface area contributed by atoms with E-state index in [9.17, 15) is 0 Å². The van der Waals surface area contributed by atoms with Gasteiger partial charge in [0.1, 0.15) is 0 Å². The Morgan fingerprint density at radius 2 is 2.08 bits per heavy atom. The van der Waals surface area contributed by atoms with Crippen molar-refractivity contribution < 1.29 is 4.68 Å². The molecule has 0 spiro atoms. The first-order valence-corrected chi connectivity index (χ1v) is 5.07. The molecule has 4 heteroatoms. The maximum absolute atomic E-state index is 5.01. The van der Waals surface area contributed by atoms with Gasteiger partial charge in [0.15, 0.2) is 0 Å². The normalized spacial score (nSPS) is 11.6. The average molecular weight is 198 g/mol. The summed E-state index contributed by atoms with van der Waals surface area (Å²) < 4.78 is 2.39. The van der Waals surface area contributed by atoms with Gasteiger partial charge in [0.05, 0.1) is 0 Å². The van der Waals surface area contributed by atoms with Gasteiger partial charge in [0.25, 0.3) is 0 Å². The fourth-order valence-corrected chi connectivity index (χ4v) is 1.55. The van der Waals surface area contributed by atoms with Crippen LogP contribution in [0.3, 0.4) is 0 Å². The van der Waals surface area contributed by atoms with Gasteiger partial charge in [-0.15, -0.1) is 11.8 Å². The van der Waals surface area contributed by atoms with E-state index in [4.69, 9.17) is 12.6 Å². The van der Waals surface area contributed by atoms with Crippen LogP contribution in [0.15, 0.2) is 35.7 Å². The van der Waals surface area contributed by atoms with Crippen molar-refractivity contribution in [2.24, 2.45) is 5.10 Å². The van der Waals surface area contributed by atoms with Crippen molar-refractivity contribution in [2.45, 2.75) is 6.92 Å². The van der Waals surface area contributed by atoms with Gasteiger partial charge in [-0.25, -0.2) is 0 Å². The van der Waals surface area contributed by atoms with Crippen LogP contribution in [-0.2, 0) is 12.6 Å². The molecule has 1 aromatic rings. The van der Waals surface area contributed by atoms with E-state index in [0.29, 0.717) is 4.38 Å². The van der Waals surface area contributed by atoms with E-state index in [1.165, 1.54) is 0 Å². The highest BCUT2D eigenvalue weighted by atomic mass is 32.2. The van der Waals surface area contributed by atoms with Gasteiger partial charge in [-0.05, 0) is 10.9 Å². The third-order valence-corrected chi connectivity index (χ3v) is 2.22. The minimum Gasteiger partial charge on any atom is -0.747 e. The lowest BCUT2D eigenvalue weighted by Crippen LogP contribution is -2.26. The molecular weight excluding hydrogens is 188 g/mol. The summed E-state index contributed by atoms with van der Waals surface area (Å²) in [7, 11) is 0. The number of pyridine rings is 1. The molecule has 0 fully saturated rings. The molecule has 0 aliphatic heterocycles. The second-order valence-corrected chi connectivity index (χ2v) is 3.95. The van der Waals surface area contributed by atoms with Crippen LogP contribution < -0.4 is 4.68 Å². The van der Waals surface area contributed by atoms with Crippen molar-refractivity contribution >= 4 is 28.8 Å². The van der Waals surface area contributed by atoms with E-state index >= 15 is 0 Å². The quantitative estimate of drug-likeness (QED) is 0.309. The van der Waals surface area contributed by atoms with Crippen LogP contribution >= 0.6 is 11.8 Å². The molecule has 0 aromatic carbocycles. The van der Waals surface area contributed by atoms with Crippen molar-refractivity contribution in [1.82, 2.24) is 0 Å². The number of hydrogen-bond donors (Lipinski definition) is 0. The standard InChI is InChI=1S/C8H10N2S2/c1-2-12-8(11)9-10-6-4-3-5-7-10/h3-7H,2H2,1H3. The van der Waals surface area contributed by atoms with Gasteiger partial charge in [-0.2, -0.15) is 0 Å². The van der Waals surface area contributed by atoms with Gasteiger partial charge in [-0.1, -0.05) is 17.7 Å². The Morgan fingerprint density at radius 1 is 1.42 bits per heavy atom. The fraction of sp³-hybridized carbons (Fsp3) is 0.250. The zero-order chi connectivity index (χ0) is 8.81. The molecule has 64 valence electrons. The minimum absolute atomic E-state index is 0.675. The summed E-state index contributed by atoms with van der Waals surface area (Å²) >= 11 is 6.58. The number of aromatic nitrogens is 1. The van der Waals surface area contributed by atoms with Gasteiger partial charge in [0.2, 0.25) is 12.4 Å². The zero-order valence-corrected chi connectivity index (χ0v) is 8.44. The van der Waals surface area contributed by atoms with Gasteiger partial charge in [0, 0.05) is 16.5 Å². The molecule has 12 heavy (non-hydrogen) atoms. The molecule has 0 saturated heterocycles. The van der Waals surface area contributed by atoms with Gasteiger partial charge >= 0.3 is 0 Å². The van der Waals surface area contributed by atoms with Crippen molar-refractivity contribution in [3.63, 3.8) is 0 Å². The van der Waals surface area contributed by atoms with Crippen LogP contribution in [0.25, 0.3) is 0 Å². The largest absolute Gasteiger partial charge is 0.747 e. The predicted molar refractivity (Wildman–Crippen MR) is 55.0 cm³/mol. The third-order valence-electron chi connectivity index (χ3n) is 1.16. The summed E-state index contributed by atoms with van der Waals surface area (Å²) in [4.78, 5) is 0. The van der Waals surface area contributed by atoms with Crippen LogP contribution in [0.2, 0.25) is 0 Å². The second-order valence-electron chi connectivity index (χ2n) is 2.05. The summed E-state index contributed by atoms with van der Waals surface area (Å²) in [5.74, 6) is 0.968. The van der Waals surface area contributed by atoms with Crippen molar-refractivity contribution in [3.05, 3.63) is 30.6 Å². The molecule has 0 unspecified atom stereocenters. The molecule has 0 aliphatic carbocycles. The minimum atomic E-state index is 0.675. The molecule has 0 N–H and O–H groups in total. The summed E-state index contributed by atoms with van der Waals surface area (Å²) in [6, 6.07) is 5.79. The third kappa shape index (κ3) is 3.19. The van der Waals surface area contributed by atoms with E-state index in [-0.39, 0.29) is 0 Å². The molecule has 0 bridgehead atoms. The maximum atomic E-state index is 5.01. The first-order chi connectivity index (χ1) is 5.83. The fourth-order valence-electron chi connectivity index (χ4n) is 0.703. The lowest BCUT2D eigenvalue weighted by molar-refractivity contribution is -0.678. The molecule has 0 radical (unpaired) electrons. The maximum Gasteiger partial charge on any atom is 0.202 e. The Hall–Kier alpha value is -0.610. The molecule has 1 rings (SSSR count). The Labute approximate surface area is 82.1 Å². The lowest BCUT2D eigenvalue weighted by atomic mass is 10.5. The second kappa shape index (κ2) is 5.11. The first kappa shape index (κ1) is 9.48. The highest BCUT2D eigenvalue weighted by Gasteiger charge is 1.91. The molecular formula is C8H10N2S2. The van der Waals surface area contributed by atoms with Gasteiger partial charge in [-0.3, -0.25) is 0 Å². The van der Waals surface area contributed by atoms with E-state index < -0.39 is 0 Å². The monoisotopic (exact) mass is 198 g/mol. The Bertz CT molecular complexity index is 259. The highest BCUT2D eigenvalue weighted by molar-refractivity contribution is 8.27. The summed E-state index contributed by atoms with van der Waals surface area (Å²) in [6.45, 7) is 2.06. The van der Waals surface area contributed by atoms with Crippen LogP contribution in [0.5, 0.6) is 0 Å². The smallest absolute Gasteiger partial charge is 0.202 e. The van der Waals surface area contributed by atoms with Gasteiger partial charge < -0.3 is 12.6 Å². The molecule has 0 atom stereocenters.